The molecule has 0 radical (unpaired) electrons. The van der Waals surface area contributed by atoms with Crippen LogP contribution in [0.1, 0.15) is 39.5 Å². The van der Waals surface area contributed by atoms with Crippen LogP contribution in [-0.4, -0.2) is 11.5 Å². The van der Waals surface area contributed by atoms with E-state index in [2.05, 4.69) is 38.1 Å². The molecule has 0 aliphatic carbocycles. The quantitative estimate of drug-likeness (QED) is 0.275. The fraction of sp³-hybridized carbons (Fsp3) is 0.500. The summed E-state index contributed by atoms with van der Waals surface area (Å²) in [6.07, 6.45) is 5.23. The summed E-state index contributed by atoms with van der Waals surface area (Å²) in [6, 6.07) is 9.25. The monoisotopic (exact) mass is 374 g/mol. The highest BCUT2D eigenvalue weighted by atomic mass is 32.2. The van der Waals surface area contributed by atoms with E-state index in [1.54, 1.807) is 0 Å². The van der Waals surface area contributed by atoms with Gasteiger partial charge in [-0.1, -0.05) is 26.7 Å². The molecule has 0 aromatic carbocycles. The van der Waals surface area contributed by atoms with Crippen LogP contribution in [0.25, 0.3) is 0 Å². The lowest BCUT2D eigenvalue weighted by molar-refractivity contribution is 0.896. The summed E-state index contributed by atoms with van der Waals surface area (Å²) in [5.74, 6) is 2.52. The summed E-state index contributed by atoms with van der Waals surface area (Å²) in [6.45, 7) is 4.52. The molecule has 5 heteroatoms. The zero-order valence-corrected chi connectivity index (χ0v) is 17.0. The number of hydrogen-bond acceptors (Lipinski definition) is 4. The van der Waals surface area contributed by atoms with Crippen LogP contribution in [0.3, 0.4) is 0 Å². The van der Waals surface area contributed by atoms with E-state index in [0.29, 0.717) is 0 Å². The third kappa shape index (κ3) is 6.66. The van der Waals surface area contributed by atoms with E-state index in [1.807, 2.05) is 46.2 Å². The van der Waals surface area contributed by atoms with Crippen molar-refractivity contribution < 1.29 is 0 Å². The average molecular weight is 375 g/mol. The summed E-state index contributed by atoms with van der Waals surface area (Å²) in [5.41, 5.74) is 0. The van der Waals surface area contributed by atoms with Gasteiger partial charge in [-0.2, -0.15) is 0 Å². The Morgan fingerprint density at radius 1 is 0.810 bits per heavy atom. The van der Waals surface area contributed by atoms with Crippen molar-refractivity contribution in [1.82, 2.24) is 0 Å². The highest BCUT2D eigenvalue weighted by molar-refractivity contribution is 8.02. The molecule has 0 saturated heterocycles. The van der Waals surface area contributed by atoms with Crippen LogP contribution in [0.5, 0.6) is 0 Å². The SMILES string of the molecule is CCCCSc1ccc(Pc2ccc(SCCCC)s2)s1. The van der Waals surface area contributed by atoms with Gasteiger partial charge in [-0.05, 0) is 57.2 Å². The molecule has 2 aromatic rings. The standard InChI is InChI=1S/C16H23PS4/c1-3-5-11-18-15-9-7-13(20-15)17-14-8-10-16(21-14)19-12-6-4-2/h7-10,17H,3-6,11-12H2,1-2H3. The maximum Gasteiger partial charge on any atom is 0.0605 e. The Hall–Kier alpha value is 0.530. The van der Waals surface area contributed by atoms with Gasteiger partial charge >= 0.3 is 0 Å². The van der Waals surface area contributed by atoms with Crippen LogP contribution >= 0.6 is 54.8 Å². The van der Waals surface area contributed by atoms with E-state index in [4.69, 9.17) is 0 Å². The third-order valence-electron chi connectivity index (χ3n) is 2.89. The molecule has 0 nitrogen and oxygen atoms in total. The predicted octanol–water partition coefficient (Wildman–Crippen LogP) is 6.22. The minimum absolute atomic E-state index is 0.839. The van der Waals surface area contributed by atoms with Crippen LogP contribution in [-0.2, 0) is 0 Å². The molecule has 0 aliphatic heterocycles. The zero-order chi connectivity index (χ0) is 14.9. The lowest BCUT2D eigenvalue weighted by Gasteiger charge is -1.96. The topological polar surface area (TPSA) is 0 Å². The van der Waals surface area contributed by atoms with Crippen molar-refractivity contribution in [3.63, 3.8) is 0 Å². The second-order valence-corrected chi connectivity index (χ2v) is 11.8. The molecule has 2 rings (SSSR count). The Labute approximate surface area is 147 Å². The first kappa shape index (κ1) is 17.9. The first-order valence-electron chi connectivity index (χ1n) is 7.54. The molecule has 0 atom stereocenters. The van der Waals surface area contributed by atoms with Crippen LogP contribution in [0.2, 0.25) is 0 Å². The van der Waals surface area contributed by atoms with E-state index in [1.165, 1.54) is 54.8 Å². The molecule has 2 aromatic heterocycles. The van der Waals surface area contributed by atoms with Crippen molar-refractivity contribution in [3.05, 3.63) is 24.3 Å². The largest absolute Gasteiger partial charge is 0.129 e. The molecule has 0 N–H and O–H groups in total. The Morgan fingerprint density at radius 3 is 1.71 bits per heavy atom. The minimum atomic E-state index is 0.839. The Kier molecular flexibility index (Phi) is 8.80. The normalized spacial score (nSPS) is 11.1. The van der Waals surface area contributed by atoms with Gasteiger partial charge in [0.1, 0.15) is 0 Å². The fourth-order valence-electron chi connectivity index (χ4n) is 1.69. The number of hydrogen-bond donors (Lipinski definition) is 0. The van der Waals surface area contributed by atoms with Gasteiger partial charge in [-0.15, -0.1) is 46.2 Å². The summed E-state index contributed by atoms with van der Waals surface area (Å²) in [4.78, 5) is 0. The summed E-state index contributed by atoms with van der Waals surface area (Å²) < 4.78 is 6.03. The van der Waals surface area contributed by atoms with Crippen molar-refractivity contribution in [2.75, 3.05) is 11.5 Å². The van der Waals surface area contributed by atoms with Crippen molar-refractivity contribution in [2.24, 2.45) is 0 Å². The lowest BCUT2D eigenvalue weighted by Crippen LogP contribution is -1.92. The van der Waals surface area contributed by atoms with Gasteiger partial charge in [0.2, 0.25) is 0 Å². The van der Waals surface area contributed by atoms with Crippen LogP contribution in [0.15, 0.2) is 32.7 Å². The molecule has 0 spiro atoms. The molecular formula is C16H23PS4. The van der Waals surface area contributed by atoms with Gasteiger partial charge in [-0.3, -0.25) is 0 Å². The maximum atomic E-state index is 2.32. The molecule has 0 amide bonds. The molecule has 21 heavy (non-hydrogen) atoms. The van der Waals surface area contributed by atoms with Crippen molar-refractivity contribution in [3.8, 4) is 0 Å². The smallest absolute Gasteiger partial charge is 0.0605 e. The minimum Gasteiger partial charge on any atom is -0.129 e. The Morgan fingerprint density at radius 2 is 1.29 bits per heavy atom. The Balaban J connectivity index is 1.81. The van der Waals surface area contributed by atoms with Gasteiger partial charge in [0.25, 0.3) is 0 Å². The molecule has 0 aliphatic rings. The first-order valence-corrected chi connectivity index (χ1v) is 12.1. The Bertz CT molecular complexity index is 472. The van der Waals surface area contributed by atoms with Gasteiger partial charge in [-0.25, -0.2) is 0 Å². The second kappa shape index (κ2) is 10.3. The zero-order valence-electron chi connectivity index (χ0n) is 12.7. The van der Waals surface area contributed by atoms with Gasteiger partial charge in [0.15, 0.2) is 0 Å². The lowest BCUT2D eigenvalue weighted by atomic mass is 10.4. The van der Waals surface area contributed by atoms with E-state index < -0.39 is 0 Å². The summed E-state index contributed by atoms with van der Waals surface area (Å²) in [5, 5.41) is 0. The number of rotatable bonds is 10. The van der Waals surface area contributed by atoms with Crippen molar-refractivity contribution >= 4 is 64.0 Å². The average Bonchev–Trinajstić information content (AvgIpc) is 3.10. The van der Waals surface area contributed by atoms with Crippen LogP contribution < -0.4 is 9.24 Å². The third-order valence-corrected chi connectivity index (χ3v) is 9.36. The van der Waals surface area contributed by atoms with E-state index >= 15 is 0 Å². The molecule has 0 fully saturated rings. The van der Waals surface area contributed by atoms with Gasteiger partial charge < -0.3 is 0 Å². The number of unbranched alkanes of at least 4 members (excludes halogenated alkanes) is 2. The summed E-state index contributed by atoms with van der Waals surface area (Å²) in [7, 11) is 0.839. The highest BCUT2D eigenvalue weighted by Crippen LogP contribution is 2.31. The number of thiophene rings is 2. The van der Waals surface area contributed by atoms with E-state index in [0.717, 1.165) is 8.58 Å². The highest BCUT2D eigenvalue weighted by Gasteiger charge is 2.05. The van der Waals surface area contributed by atoms with Crippen LogP contribution in [0, 0.1) is 0 Å². The molecular weight excluding hydrogens is 351 g/mol. The first-order chi connectivity index (χ1) is 10.3. The van der Waals surface area contributed by atoms with Gasteiger partial charge in [0, 0.05) is 9.24 Å². The predicted molar refractivity (Wildman–Crippen MR) is 107 cm³/mol. The van der Waals surface area contributed by atoms with E-state index in [-0.39, 0.29) is 0 Å². The molecule has 0 bridgehead atoms. The maximum absolute atomic E-state index is 2.32. The van der Waals surface area contributed by atoms with Crippen molar-refractivity contribution in [2.45, 2.75) is 47.9 Å². The second-order valence-electron chi connectivity index (χ2n) is 4.77. The van der Waals surface area contributed by atoms with E-state index in [9.17, 15) is 0 Å². The fourth-order valence-corrected chi connectivity index (χ4v) is 8.71. The van der Waals surface area contributed by atoms with Crippen LogP contribution in [0.4, 0.5) is 0 Å². The number of thioether (sulfide) groups is 2. The van der Waals surface area contributed by atoms with Gasteiger partial charge in [0.05, 0.1) is 8.42 Å². The molecule has 0 saturated carbocycles. The molecule has 0 unspecified atom stereocenters. The molecule has 116 valence electrons. The molecule has 2 heterocycles. The van der Waals surface area contributed by atoms with Crippen molar-refractivity contribution in [1.29, 1.82) is 0 Å². The summed E-state index contributed by atoms with van der Waals surface area (Å²) >= 11 is 8.00.